The third-order valence-electron chi connectivity index (χ3n) is 9.11. The molecular weight excluding hydrogens is 399 g/mol. The van der Waals surface area contributed by atoms with E-state index in [1.165, 1.54) is 31.3 Å². The first-order chi connectivity index (χ1) is 15.1. The molecule has 3 saturated carbocycles. The minimum Gasteiger partial charge on any atom is -0.393 e. The molecule has 0 radical (unpaired) electrons. The summed E-state index contributed by atoms with van der Waals surface area (Å²) in [6, 6.07) is 0. The maximum atomic E-state index is 14.1. The summed E-state index contributed by atoms with van der Waals surface area (Å²) in [5, 5.41) is 20.5. The SMILES string of the molecule is C=C1/C(=C\C=C2/CCC[C@@]3(C)C2CCC3[C@@H](C)C/C=C/C(O)(CC)CC)CC(O)C[C@@H]1F. The minimum absolute atomic E-state index is 0.176. The fourth-order valence-corrected chi connectivity index (χ4v) is 6.80. The van der Waals surface area contributed by atoms with Crippen molar-refractivity contribution in [1.29, 1.82) is 0 Å². The normalized spacial score (nSPS) is 37.4. The lowest BCUT2D eigenvalue weighted by atomic mass is 9.61. The van der Waals surface area contributed by atoms with Crippen LogP contribution in [0.25, 0.3) is 0 Å². The van der Waals surface area contributed by atoms with Crippen LogP contribution in [-0.4, -0.2) is 28.1 Å². The standard InChI is InChI=1S/C29H45FO2/c1-6-29(32,7-2)17-8-10-20(3)25-14-15-26-22(11-9-16-28(25,26)5)12-13-23-18-24(31)19-27(30)21(23)4/h8,12-13,17,20,24-27,31-32H,4,6-7,9-11,14-16,18-19H2,1-3,5H3/b17-8+,22-12+,23-13-/t20-,24?,25?,26?,27-,28+/m0/s1. The number of aliphatic hydroxyl groups is 2. The van der Waals surface area contributed by atoms with Crippen molar-refractivity contribution in [2.45, 2.75) is 110 Å². The second-order valence-electron chi connectivity index (χ2n) is 11.0. The lowest BCUT2D eigenvalue weighted by Gasteiger charge is -2.44. The molecule has 0 saturated heterocycles. The number of fused-ring (bicyclic) bond motifs is 1. The van der Waals surface area contributed by atoms with Crippen LogP contribution < -0.4 is 0 Å². The molecule has 0 aromatic rings. The quantitative estimate of drug-likeness (QED) is 0.406. The van der Waals surface area contributed by atoms with Crippen molar-refractivity contribution in [1.82, 2.24) is 0 Å². The zero-order valence-corrected chi connectivity index (χ0v) is 20.7. The van der Waals surface area contributed by atoms with Crippen LogP contribution in [0, 0.1) is 23.2 Å². The summed E-state index contributed by atoms with van der Waals surface area (Å²) >= 11 is 0. The van der Waals surface area contributed by atoms with E-state index in [1.807, 2.05) is 26.0 Å². The molecule has 0 heterocycles. The fourth-order valence-electron chi connectivity index (χ4n) is 6.80. The Morgan fingerprint density at radius 2 is 1.97 bits per heavy atom. The van der Waals surface area contributed by atoms with E-state index in [1.54, 1.807) is 0 Å². The third-order valence-corrected chi connectivity index (χ3v) is 9.11. The maximum Gasteiger partial charge on any atom is 0.127 e. The smallest absolute Gasteiger partial charge is 0.127 e. The van der Waals surface area contributed by atoms with Gasteiger partial charge in [-0.05, 0) is 92.1 Å². The Labute approximate surface area is 195 Å². The van der Waals surface area contributed by atoms with Gasteiger partial charge in [-0.2, -0.15) is 0 Å². The van der Waals surface area contributed by atoms with E-state index in [0.29, 0.717) is 35.2 Å². The highest BCUT2D eigenvalue weighted by Crippen LogP contribution is 2.59. The molecule has 0 aliphatic heterocycles. The lowest BCUT2D eigenvalue weighted by molar-refractivity contribution is 0.0813. The average Bonchev–Trinajstić information content (AvgIpc) is 3.12. The molecule has 3 heteroatoms. The van der Waals surface area contributed by atoms with Crippen molar-refractivity contribution >= 4 is 0 Å². The molecule has 180 valence electrons. The van der Waals surface area contributed by atoms with Gasteiger partial charge in [0, 0.05) is 6.42 Å². The Kier molecular flexibility index (Phi) is 8.25. The van der Waals surface area contributed by atoms with E-state index in [9.17, 15) is 14.6 Å². The van der Waals surface area contributed by atoms with Gasteiger partial charge < -0.3 is 10.2 Å². The van der Waals surface area contributed by atoms with Crippen LogP contribution in [0.4, 0.5) is 4.39 Å². The second-order valence-corrected chi connectivity index (χ2v) is 11.0. The summed E-state index contributed by atoms with van der Waals surface area (Å²) in [6.07, 6.45) is 16.1. The molecule has 3 aliphatic rings. The van der Waals surface area contributed by atoms with E-state index < -0.39 is 17.9 Å². The van der Waals surface area contributed by atoms with Crippen LogP contribution in [0.15, 0.2) is 47.6 Å². The number of hydrogen-bond acceptors (Lipinski definition) is 2. The Morgan fingerprint density at radius 3 is 2.66 bits per heavy atom. The van der Waals surface area contributed by atoms with Gasteiger partial charge in [0.2, 0.25) is 0 Å². The van der Waals surface area contributed by atoms with Crippen LogP contribution in [-0.2, 0) is 0 Å². The average molecular weight is 445 g/mol. The number of rotatable bonds is 7. The molecule has 3 fully saturated rings. The number of aliphatic hydroxyl groups excluding tert-OH is 1. The monoisotopic (exact) mass is 444 g/mol. The molecule has 0 bridgehead atoms. The van der Waals surface area contributed by atoms with Crippen molar-refractivity contribution in [2.24, 2.45) is 23.2 Å². The molecule has 3 unspecified atom stereocenters. The molecule has 6 atom stereocenters. The van der Waals surface area contributed by atoms with E-state index in [0.717, 1.165) is 31.3 Å². The fraction of sp³-hybridized carbons (Fsp3) is 0.724. The summed E-state index contributed by atoms with van der Waals surface area (Å²) in [4.78, 5) is 0. The molecule has 3 rings (SSSR count). The van der Waals surface area contributed by atoms with Gasteiger partial charge in [0.25, 0.3) is 0 Å². The van der Waals surface area contributed by atoms with Gasteiger partial charge in [0.1, 0.15) is 6.17 Å². The van der Waals surface area contributed by atoms with E-state index >= 15 is 0 Å². The van der Waals surface area contributed by atoms with E-state index in [-0.39, 0.29) is 6.42 Å². The maximum absolute atomic E-state index is 14.1. The van der Waals surface area contributed by atoms with Crippen LogP contribution in [0.1, 0.15) is 91.9 Å². The highest BCUT2D eigenvalue weighted by atomic mass is 19.1. The zero-order valence-electron chi connectivity index (χ0n) is 20.7. The van der Waals surface area contributed by atoms with Gasteiger partial charge in [0.05, 0.1) is 11.7 Å². The highest BCUT2D eigenvalue weighted by molar-refractivity contribution is 5.38. The summed E-state index contributed by atoms with van der Waals surface area (Å²) in [6.45, 7) is 12.9. The largest absolute Gasteiger partial charge is 0.393 e. The zero-order chi connectivity index (χ0) is 23.5. The Hall–Kier alpha value is -1.19. The molecule has 0 aromatic carbocycles. The topological polar surface area (TPSA) is 40.5 Å². The number of allylic oxidation sites excluding steroid dienone is 5. The molecular formula is C29H45FO2. The van der Waals surface area contributed by atoms with Crippen molar-refractivity contribution in [3.8, 4) is 0 Å². The first kappa shape index (κ1) is 25.4. The lowest BCUT2D eigenvalue weighted by Crippen LogP contribution is -2.36. The van der Waals surface area contributed by atoms with Crippen molar-refractivity contribution in [3.63, 3.8) is 0 Å². The third kappa shape index (κ3) is 5.30. The second kappa shape index (κ2) is 10.4. The molecule has 3 aliphatic carbocycles. The Morgan fingerprint density at radius 1 is 1.25 bits per heavy atom. The van der Waals surface area contributed by atoms with Crippen LogP contribution in [0.3, 0.4) is 0 Å². The molecule has 0 amide bonds. The minimum atomic E-state index is -1.12. The number of halogens is 1. The molecule has 2 nitrogen and oxygen atoms in total. The van der Waals surface area contributed by atoms with E-state index in [2.05, 4.69) is 32.6 Å². The predicted octanol–water partition coefficient (Wildman–Crippen LogP) is 7.24. The van der Waals surface area contributed by atoms with Crippen LogP contribution >= 0.6 is 0 Å². The number of hydrogen-bond donors (Lipinski definition) is 2. The van der Waals surface area contributed by atoms with Crippen molar-refractivity contribution in [2.75, 3.05) is 0 Å². The van der Waals surface area contributed by atoms with Gasteiger partial charge >= 0.3 is 0 Å². The summed E-state index contributed by atoms with van der Waals surface area (Å²) in [5.74, 6) is 1.87. The van der Waals surface area contributed by atoms with E-state index in [4.69, 9.17) is 0 Å². The van der Waals surface area contributed by atoms with Crippen molar-refractivity contribution in [3.05, 3.63) is 47.6 Å². The van der Waals surface area contributed by atoms with Gasteiger partial charge in [-0.1, -0.05) is 64.2 Å². The van der Waals surface area contributed by atoms with Gasteiger partial charge in [0.15, 0.2) is 0 Å². The van der Waals surface area contributed by atoms with Gasteiger partial charge in [-0.15, -0.1) is 0 Å². The van der Waals surface area contributed by atoms with Crippen molar-refractivity contribution < 1.29 is 14.6 Å². The summed E-state index contributed by atoms with van der Waals surface area (Å²) in [7, 11) is 0. The molecule has 0 aromatic heterocycles. The number of alkyl halides is 1. The molecule has 0 spiro atoms. The molecule has 32 heavy (non-hydrogen) atoms. The first-order valence-electron chi connectivity index (χ1n) is 12.9. The van der Waals surface area contributed by atoms with Gasteiger partial charge in [-0.3, -0.25) is 0 Å². The molecule has 2 N–H and O–H groups in total. The predicted molar refractivity (Wildman–Crippen MR) is 132 cm³/mol. The van der Waals surface area contributed by atoms with Crippen LogP contribution in [0.2, 0.25) is 0 Å². The summed E-state index contributed by atoms with van der Waals surface area (Å²) < 4.78 is 14.1. The Balaban J connectivity index is 1.72. The Bertz CT molecular complexity index is 759. The van der Waals surface area contributed by atoms with Crippen LogP contribution in [0.5, 0.6) is 0 Å². The summed E-state index contributed by atoms with van der Waals surface area (Å²) in [5.41, 5.74) is 2.59. The van der Waals surface area contributed by atoms with Gasteiger partial charge in [-0.25, -0.2) is 4.39 Å². The first-order valence-corrected chi connectivity index (χ1v) is 12.9. The highest BCUT2D eigenvalue weighted by Gasteiger charge is 2.50.